The van der Waals surface area contributed by atoms with E-state index in [1.165, 1.54) is 0 Å². The van der Waals surface area contributed by atoms with Crippen molar-refractivity contribution >= 4 is 11.8 Å². The Labute approximate surface area is 112 Å². The van der Waals surface area contributed by atoms with Crippen LogP contribution in [0.25, 0.3) is 0 Å². The Kier molecular flexibility index (Phi) is 4.60. The minimum atomic E-state index is -5.40. The number of esters is 1. The lowest BCUT2D eigenvalue weighted by Gasteiger charge is -2.11. The summed E-state index contributed by atoms with van der Waals surface area (Å²) in [4.78, 5) is 23.3. The van der Waals surface area contributed by atoms with Crippen LogP contribution in [0.3, 0.4) is 0 Å². The molecule has 0 aromatic carbocycles. The van der Waals surface area contributed by atoms with Gasteiger partial charge in [0, 0.05) is 16.6 Å². The van der Waals surface area contributed by atoms with Gasteiger partial charge in [0.15, 0.2) is 5.56 Å². The second-order valence-corrected chi connectivity index (χ2v) is 3.35. The van der Waals surface area contributed by atoms with Gasteiger partial charge in [-0.2, -0.15) is 0 Å². The molecule has 1 aromatic rings. The summed E-state index contributed by atoms with van der Waals surface area (Å²) >= 11 is 0. The van der Waals surface area contributed by atoms with Crippen LogP contribution in [0, 0.1) is 10.1 Å². The molecule has 116 valence electrons. The molecular weight excluding hydrogens is 311 g/mol. The zero-order valence-corrected chi connectivity index (χ0v) is 9.98. The van der Waals surface area contributed by atoms with Crippen LogP contribution in [-0.4, -0.2) is 29.3 Å². The number of nitro groups is 1. The van der Waals surface area contributed by atoms with Crippen LogP contribution < -0.4 is 4.74 Å². The van der Waals surface area contributed by atoms with Crippen molar-refractivity contribution in [3.05, 3.63) is 27.3 Å². The second-order valence-electron chi connectivity index (χ2n) is 3.35. The molecule has 1 heterocycles. The highest BCUT2D eigenvalue weighted by Gasteiger charge is 2.40. The van der Waals surface area contributed by atoms with Gasteiger partial charge in [0.2, 0.25) is 0 Å². The summed E-state index contributed by atoms with van der Waals surface area (Å²) in [6.45, 7) is 0. The summed E-state index contributed by atoms with van der Waals surface area (Å²) in [5.41, 5.74) is -2.70. The Balaban J connectivity index is 3.62. The summed E-state index contributed by atoms with van der Waals surface area (Å²) in [5, 5.41) is 10.5. The molecule has 12 heteroatoms. The number of carbonyl (C=O) groups excluding carboxylic acids is 1. The number of alkyl halides is 5. The molecule has 1 rings (SSSR count). The van der Waals surface area contributed by atoms with Gasteiger partial charge in [-0.25, -0.2) is 13.6 Å². The van der Waals surface area contributed by atoms with Gasteiger partial charge in [-0.15, -0.1) is 13.2 Å². The lowest BCUT2D eigenvalue weighted by molar-refractivity contribution is -0.390. The molecule has 0 saturated heterocycles. The molecule has 0 bridgehead atoms. The van der Waals surface area contributed by atoms with Gasteiger partial charge in [-0.3, -0.25) is 0 Å². The first-order valence-electron chi connectivity index (χ1n) is 4.88. The maximum absolute atomic E-state index is 12.8. The predicted octanol–water partition coefficient (Wildman–Crippen LogP) is 2.61. The third kappa shape index (κ3) is 3.97. The van der Waals surface area contributed by atoms with Crippen LogP contribution in [0.5, 0.6) is 5.88 Å². The number of hydrogen-bond donors (Lipinski definition) is 0. The molecule has 1 aromatic heterocycles. The molecule has 0 atom stereocenters. The quantitative estimate of drug-likeness (QED) is 0.367. The lowest BCUT2D eigenvalue weighted by Crippen LogP contribution is -2.22. The van der Waals surface area contributed by atoms with Gasteiger partial charge in [-0.05, 0) is 4.92 Å². The average molecular weight is 316 g/mol. The highest BCUT2D eigenvalue weighted by atomic mass is 19.4. The molecule has 7 nitrogen and oxygen atoms in total. The number of hydrogen-bond acceptors (Lipinski definition) is 6. The fourth-order valence-electron chi connectivity index (χ4n) is 1.28. The van der Waals surface area contributed by atoms with Crippen LogP contribution in [0.4, 0.5) is 27.8 Å². The maximum atomic E-state index is 12.8. The molecule has 0 amide bonds. The van der Waals surface area contributed by atoms with Gasteiger partial charge >= 0.3 is 24.0 Å². The van der Waals surface area contributed by atoms with E-state index >= 15 is 0 Å². The van der Waals surface area contributed by atoms with Gasteiger partial charge in [-0.1, -0.05) is 0 Å². The Hall–Kier alpha value is -2.53. The number of halogens is 5. The van der Waals surface area contributed by atoms with Crippen molar-refractivity contribution in [1.29, 1.82) is 0 Å². The molecule has 21 heavy (non-hydrogen) atoms. The van der Waals surface area contributed by atoms with E-state index in [1.54, 1.807) is 0 Å². The molecule has 0 aliphatic rings. The minimum absolute atomic E-state index is 0.167. The number of ether oxygens (including phenoxy) is 2. The molecular formula is C9H5F5N2O5. The van der Waals surface area contributed by atoms with Gasteiger partial charge in [0.1, 0.15) is 0 Å². The first kappa shape index (κ1) is 16.5. The predicted molar refractivity (Wildman–Crippen MR) is 53.9 cm³/mol. The monoisotopic (exact) mass is 316 g/mol. The van der Waals surface area contributed by atoms with Crippen LogP contribution in [0.2, 0.25) is 0 Å². The third-order valence-electron chi connectivity index (χ3n) is 2.03. The number of aromatic nitrogens is 1. The van der Waals surface area contributed by atoms with Crippen LogP contribution in [0.1, 0.15) is 22.3 Å². The normalized spacial score (nSPS) is 11.4. The van der Waals surface area contributed by atoms with E-state index in [-0.39, 0.29) is 6.07 Å². The van der Waals surface area contributed by atoms with Crippen molar-refractivity contribution in [3.8, 4) is 5.88 Å². The molecule has 0 saturated carbocycles. The van der Waals surface area contributed by atoms with E-state index in [0.29, 0.717) is 0 Å². The maximum Gasteiger partial charge on any atom is 0.575 e. The molecule has 0 unspecified atom stereocenters. The molecule has 0 aliphatic heterocycles. The van der Waals surface area contributed by atoms with Crippen molar-refractivity contribution in [2.75, 3.05) is 7.11 Å². The standard InChI is InChI=1S/C9H5F5N2O5/c1-20-8(17)5-3(6(10)11)2-4(16(18)19)15-7(5)21-9(12,13)14/h2,6H,1H3. The van der Waals surface area contributed by atoms with Crippen molar-refractivity contribution in [2.24, 2.45) is 0 Å². The van der Waals surface area contributed by atoms with E-state index < -0.39 is 46.5 Å². The molecule has 0 radical (unpaired) electrons. The van der Waals surface area contributed by atoms with Crippen LogP contribution in [-0.2, 0) is 4.74 Å². The van der Waals surface area contributed by atoms with E-state index in [2.05, 4.69) is 14.5 Å². The third-order valence-corrected chi connectivity index (χ3v) is 2.03. The first-order chi connectivity index (χ1) is 9.56. The van der Waals surface area contributed by atoms with E-state index in [0.717, 1.165) is 7.11 Å². The zero-order valence-electron chi connectivity index (χ0n) is 9.98. The van der Waals surface area contributed by atoms with E-state index in [1.807, 2.05) is 0 Å². The fourth-order valence-corrected chi connectivity index (χ4v) is 1.28. The summed E-state index contributed by atoms with van der Waals surface area (Å²) in [6, 6.07) is 0.167. The SMILES string of the molecule is COC(=O)c1c(C(F)F)cc([N+](=O)[O-])nc1OC(F)(F)F. The molecule has 0 aliphatic carbocycles. The van der Waals surface area contributed by atoms with Crippen molar-refractivity contribution < 1.29 is 41.1 Å². The number of rotatable bonds is 4. The van der Waals surface area contributed by atoms with Crippen LogP contribution >= 0.6 is 0 Å². The number of pyridine rings is 1. The first-order valence-corrected chi connectivity index (χ1v) is 4.88. The van der Waals surface area contributed by atoms with Crippen LogP contribution in [0.15, 0.2) is 6.07 Å². The van der Waals surface area contributed by atoms with E-state index in [9.17, 15) is 36.9 Å². The Morgan fingerprint density at radius 2 is 2.00 bits per heavy atom. The largest absolute Gasteiger partial charge is 0.575 e. The van der Waals surface area contributed by atoms with Gasteiger partial charge in [0.25, 0.3) is 6.43 Å². The second kappa shape index (κ2) is 5.85. The summed E-state index contributed by atoms with van der Waals surface area (Å²) in [5.74, 6) is -4.62. The Morgan fingerprint density at radius 1 is 1.43 bits per heavy atom. The lowest BCUT2D eigenvalue weighted by atomic mass is 10.1. The highest BCUT2D eigenvalue weighted by Crippen LogP contribution is 2.34. The molecule has 0 N–H and O–H groups in total. The molecule has 0 spiro atoms. The molecule has 0 fully saturated rings. The number of nitrogens with zero attached hydrogens (tertiary/aromatic N) is 2. The van der Waals surface area contributed by atoms with Crippen molar-refractivity contribution in [1.82, 2.24) is 4.98 Å². The Bertz CT molecular complexity index is 574. The van der Waals surface area contributed by atoms with Gasteiger partial charge in [0.05, 0.1) is 7.11 Å². The summed E-state index contributed by atoms with van der Waals surface area (Å²) < 4.78 is 69.5. The number of methoxy groups -OCH3 is 1. The van der Waals surface area contributed by atoms with Crippen molar-refractivity contribution in [2.45, 2.75) is 12.8 Å². The fraction of sp³-hybridized carbons (Fsp3) is 0.333. The highest BCUT2D eigenvalue weighted by molar-refractivity contribution is 5.94. The minimum Gasteiger partial charge on any atom is -0.465 e. The van der Waals surface area contributed by atoms with Crippen molar-refractivity contribution in [3.63, 3.8) is 0 Å². The average Bonchev–Trinajstić information content (AvgIpc) is 2.34. The smallest absolute Gasteiger partial charge is 0.465 e. The van der Waals surface area contributed by atoms with Gasteiger partial charge < -0.3 is 19.6 Å². The topological polar surface area (TPSA) is 91.6 Å². The zero-order chi connectivity index (χ0) is 16.4. The van der Waals surface area contributed by atoms with E-state index in [4.69, 9.17) is 0 Å². The summed E-state index contributed by atoms with van der Waals surface area (Å²) in [7, 11) is 0.719. The Morgan fingerprint density at radius 3 is 2.38 bits per heavy atom. The summed E-state index contributed by atoms with van der Waals surface area (Å²) in [6.07, 6.45) is -8.89. The number of carbonyl (C=O) groups is 1.